The summed E-state index contributed by atoms with van der Waals surface area (Å²) in [5, 5.41) is 13.3. The molecule has 1 heterocycles. The fourth-order valence-corrected chi connectivity index (χ4v) is 1.46. The first kappa shape index (κ1) is 11.2. The van der Waals surface area contributed by atoms with Gasteiger partial charge >= 0.3 is 0 Å². The second-order valence-corrected chi connectivity index (χ2v) is 3.53. The van der Waals surface area contributed by atoms with E-state index in [9.17, 15) is 0 Å². The monoisotopic (exact) mass is 197 g/mol. The summed E-state index contributed by atoms with van der Waals surface area (Å²) in [6.45, 7) is 3.73. The predicted molar refractivity (Wildman–Crippen MR) is 55.9 cm³/mol. The number of aryl methyl sites for hydroxylation is 1. The van der Waals surface area contributed by atoms with Crippen molar-refractivity contribution in [1.29, 1.82) is 0 Å². The fourth-order valence-electron chi connectivity index (χ4n) is 1.46. The molecule has 0 aliphatic carbocycles. The van der Waals surface area contributed by atoms with Crippen molar-refractivity contribution in [2.45, 2.75) is 26.3 Å². The molecule has 3 N–H and O–H groups in total. The first-order valence-electron chi connectivity index (χ1n) is 5.13. The van der Waals surface area contributed by atoms with Crippen LogP contribution in [-0.2, 0) is 13.0 Å². The highest BCUT2D eigenvalue weighted by molar-refractivity contribution is 5.02. The van der Waals surface area contributed by atoms with E-state index >= 15 is 0 Å². The fraction of sp³-hybridized carbons (Fsp3) is 0.700. The Bertz CT molecular complexity index is 256. The summed E-state index contributed by atoms with van der Waals surface area (Å²) in [5.74, 6) is 0.155. The summed E-state index contributed by atoms with van der Waals surface area (Å²) in [6.07, 6.45) is 3.68. The van der Waals surface area contributed by atoms with Gasteiger partial charge in [0.05, 0.1) is 0 Å². The summed E-state index contributed by atoms with van der Waals surface area (Å²) in [5.41, 5.74) is 6.70. The molecule has 0 fully saturated rings. The minimum atomic E-state index is 0.147. The lowest BCUT2D eigenvalue weighted by Crippen LogP contribution is -2.22. The van der Waals surface area contributed by atoms with Gasteiger partial charge in [-0.05, 0) is 31.4 Å². The number of hydrogen-bond donors (Lipinski definition) is 2. The third-order valence-corrected chi connectivity index (χ3v) is 2.33. The highest BCUT2D eigenvalue weighted by Gasteiger charge is 2.09. The van der Waals surface area contributed by atoms with Crippen molar-refractivity contribution in [3.05, 3.63) is 18.0 Å². The second kappa shape index (κ2) is 5.78. The van der Waals surface area contributed by atoms with Crippen molar-refractivity contribution >= 4 is 0 Å². The lowest BCUT2D eigenvalue weighted by molar-refractivity contribution is 0.227. The minimum Gasteiger partial charge on any atom is -0.396 e. The number of aliphatic hydroxyl groups is 1. The zero-order valence-electron chi connectivity index (χ0n) is 8.69. The first-order valence-corrected chi connectivity index (χ1v) is 5.13. The van der Waals surface area contributed by atoms with E-state index in [4.69, 9.17) is 10.8 Å². The van der Waals surface area contributed by atoms with E-state index in [-0.39, 0.29) is 12.5 Å². The summed E-state index contributed by atoms with van der Waals surface area (Å²) < 4.78 is 1.98. The normalized spacial score (nSPS) is 13.1. The van der Waals surface area contributed by atoms with E-state index in [0.29, 0.717) is 6.54 Å². The Morgan fingerprint density at radius 2 is 2.43 bits per heavy atom. The standard InChI is InChI=1S/C10H19N3O/c1-2-5-13-10(3-4-12-13)6-9(7-11)8-14/h3-4,9,14H,2,5-8,11H2,1H3. The molecule has 1 unspecified atom stereocenters. The van der Waals surface area contributed by atoms with Gasteiger partial charge in [-0.25, -0.2) is 0 Å². The van der Waals surface area contributed by atoms with Gasteiger partial charge in [-0.3, -0.25) is 4.68 Å². The minimum absolute atomic E-state index is 0.147. The molecule has 1 atom stereocenters. The molecule has 0 radical (unpaired) electrons. The van der Waals surface area contributed by atoms with E-state index in [1.165, 1.54) is 0 Å². The SMILES string of the molecule is CCCn1nccc1CC(CN)CO. The Hall–Kier alpha value is -0.870. The average molecular weight is 197 g/mol. The summed E-state index contributed by atoms with van der Waals surface area (Å²) in [4.78, 5) is 0. The third-order valence-electron chi connectivity index (χ3n) is 2.33. The number of rotatable bonds is 6. The van der Waals surface area contributed by atoms with Crippen LogP contribution >= 0.6 is 0 Å². The molecular weight excluding hydrogens is 178 g/mol. The maximum absolute atomic E-state index is 9.04. The maximum atomic E-state index is 9.04. The Balaban J connectivity index is 2.60. The number of nitrogens with two attached hydrogens (primary N) is 1. The number of nitrogens with zero attached hydrogens (tertiary/aromatic N) is 2. The van der Waals surface area contributed by atoms with Gasteiger partial charge in [-0.15, -0.1) is 0 Å². The van der Waals surface area contributed by atoms with E-state index in [0.717, 1.165) is 25.1 Å². The van der Waals surface area contributed by atoms with Gasteiger partial charge in [0.2, 0.25) is 0 Å². The van der Waals surface area contributed by atoms with Crippen LogP contribution in [0.25, 0.3) is 0 Å². The third kappa shape index (κ3) is 2.82. The highest BCUT2D eigenvalue weighted by atomic mass is 16.3. The molecule has 0 bridgehead atoms. The van der Waals surface area contributed by atoms with Crippen LogP contribution in [0.15, 0.2) is 12.3 Å². The number of aliphatic hydroxyl groups excluding tert-OH is 1. The van der Waals surface area contributed by atoms with E-state index < -0.39 is 0 Å². The van der Waals surface area contributed by atoms with Crippen LogP contribution in [0, 0.1) is 5.92 Å². The second-order valence-electron chi connectivity index (χ2n) is 3.53. The maximum Gasteiger partial charge on any atom is 0.0492 e. The molecule has 0 aliphatic heterocycles. The Kier molecular flexibility index (Phi) is 4.62. The van der Waals surface area contributed by atoms with Crippen LogP contribution in [0.4, 0.5) is 0 Å². The molecule has 0 saturated carbocycles. The number of aromatic nitrogens is 2. The van der Waals surface area contributed by atoms with Crippen molar-refractivity contribution in [1.82, 2.24) is 9.78 Å². The average Bonchev–Trinajstić information content (AvgIpc) is 2.62. The van der Waals surface area contributed by atoms with E-state index in [1.54, 1.807) is 6.20 Å². The molecule has 0 saturated heterocycles. The zero-order valence-corrected chi connectivity index (χ0v) is 8.69. The molecule has 0 spiro atoms. The van der Waals surface area contributed by atoms with Crippen LogP contribution in [0.1, 0.15) is 19.0 Å². The van der Waals surface area contributed by atoms with Gasteiger partial charge in [0, 0.05) is 25.0 Å². The molecule has 0 aliphatic rings. The molecule has 1 aromatic rings. The van der Waals surface area contributed by atoms with Crippen molar-refractivity contribution < 1.29 is 5.11 Å². The van der Waals surface area contributed by atoms with Crippen LogP contribution in [0.3, 0.4) is 0 Å². The van der Waals surface area contributed by atoms with Crippen LogP contribution in [0.5, 0.6) is 0 Å². The van der Waals surface area contributed by atoms with Crippen molar-refractivity contribution in [3.8, 4) is 0 Å². The zero-order chi connectivity index (χ0) is 10.4. The molecule has 14 heavy (non-hydrogen) atoms. The highest BCUT2D eigenvalue weighted by Crippen LogP contribution is 2.07. The molecule has 4 heteroatoms. The van der Waals surface area contributed by atoms with E-state index in [1.807, 2.05) is 10.7 Å². The smallest absolute Gasteiger partial charge is 0.0492 e. The van der Waals surface area contributed by atoms with Crippen LogP contribution in [-0.4, -0.2) is 28.0 Å². The largest absolute Gasteiger partial charge is 0.396 e. The molecule has 0 aromatic carbocycles. The summed E-state index contributed by atoms with van der Waals surface area (Å²) in [6, 6.07) is 1.99. The number of hydrogen-bond acceptors (Lipinski definition) is 3. The molecule has 1 aromatic heterocycles. The lowest BCUT2D eigenvalue weighted by atomic mass is 10.0. The molecule has 0 amide bonds. The van der Waals surface area contributed by atoms with Gasteiger partial charge in [0.15, 0.2) is 0 Å². The van der Waals surface area contributed by atoms with Gasteiger partial charge in [0.1, 0.15) is 0 Å². The molecule has 4 nitrogen and oxygen atoms in total. The van der Waals surface area contributed by atoms with Gasteiger partial charge in [-0.1, -0.05) is 6.92 Å². The van der Waals surface area contributed by atoms with Crippen molar-refractivity contribution in [2.75, 3.05) is 13.2 Å². The Morgan fingerprint density at radius 1 is 1.64 bits per heavy atom. The van der Waals surface area contributed by atoms with Gasteiger partial charge in [0.25, 0.3) is 0 Å². The first-order chi connectivity index (χ1) is 6.81. The molecule has 80 valence electrons. The van der Waals surface area contributed by atoms with Crippen molar-refractivity contribution in [2.24, 2.45) is 11.7 Å². The summed E-state index contributed by atoms with van der Waals surface area (Å²) in [7, 11) is 0. The lowest BCUT2D eigenvalue weighted by Gasteiger charge is -2.12. The quantitative estimate of drug-likeness (QED) is 0.694. The predicted octanol–water partition coefficient (Wildman–Crippen LogP) is 0.403. The van der Waals surface area contributed by atoms with Gasteiger partial charge in [-0.2, -0.15) is 5.10 Å². The van der Waals surface area contributed by atoms with Crippen LogP contribution in [0.2, 0.25) is 0 Å². The van der Waals surface area contributed by atoms with Crippen molar-refractivity contribution in [3.63, 3.8) is 0 Å². The van der Waals surface area contributed by atoms with Crippen LogP contribution < -0.4 is 5.73 Å². The summed E-state index contributed by atoms with van der Waals surface area (Å²) >= 11 is 0. The Labute approximate surface area is 84.7 Å². The van der Waals surface area contributed by atoms with Gasteiger partial charge < -0.3 is 10.8 Å². The van der Waals surface area contributed by atoms with E-state index in [2.05, 4.69) is 12.0 Å². The molecule has 1 rings (SSSR count). The topological polar surface area (TPSA) is 64.1 Å². The molecular formula is C10H19N3O. The Morgan fingerprint density at radius 3 is 3.00 bits per heavy atom.